The average Bonchev–Trinajstić information content (AvgIpc) is 3.58. The van der Waals surface area contributed by atoms with E-state index < -0.39 is 6.04 Å². The van der Waals surface area contributed by atoms with Gasteiger partial charge in [-0.05, 0) is 74.1 Å². The molecule has 2 amide bonds. The van der Waals surface area contributed by atoms with E-state index in [9.17, 15) is 14.4 Å². The summed E-state index contributed by atoms with van der Waals surface area (Å²) < 4.78 is 5.42. The van der Waals surface area contributed by atoms with Crippen molar-refractivity contribution in [3.05, 3.63) is 89.6 Å². The molecule has 3 aromatic carbocycles. The predicted molar refractivity (Wildman–Crippen MR) is 184 cm³/mol. The molecule has 3 N–H and O–H groups in total. The van der Waals surface area contributed by atoms with Gasteiger partial charge in [-0.1, -0.05) is 61.4 Å². The van der Waals surface area contributed by atoms with Gasteiger partial charge in [-0.2, -0.15) is 0 Å². The molecule has 46 heavy (non-hydrogen) atoms. The molecule has 2 heterocycles. The third-order valence-corrected chi connectivity index (χ3v) is 8.87. The number of unbranched alkanes of at least 4 members (excludes halogenated alkanes) is 2. The Morgan fingerprint density at radius 3 is 2.37 bits per heavy atom. The number of nitrogens with one attached hydrogen (secondary N) is 3. The van der Waals surface area contributed by atoms with Crippen LogP contribution in [0.25, 0.3) is 33.1 Å². The van der Waals surface area contributed by atoms with Crippen LogP contribution in [0.3, 0.4) is 0 Å². The van der Waals surface area contributed by atoms with Crippen LogP contribution >= 0.6 is 0 Å². The van der Waals surface area contributed by atoms with Crippen molar-refractivity contribution in [2.45, 2.75) is 64.8 Å². The molecular weight excluding hydrogens is 576 g/mol. The van der Waals surface area contributed by atoms with E-state index in [0.29, 0.717) is 25.8 Å². The van der Waals surface area contributed by atoms with Gasteiger partial charge in [0.05, 0.1) is 13.5 Å². The fourth-order valence-electron chi connectivity index (χ4n) is 6.29. The molecule has 0 saturated carbocycles. The van der Waals surface area contributed by atoms with Gasteiger partial charge in [0.1, 0.15) is 17.6 Å². The fraction of sp³-hybridized carbons (Fsp3) is 0.342. The number of amides is 2. The quantitative estimate of drug-likeness (QED) is 0.111. The molecule has 0 bridgehead atoms. The van der Waals surface area contributed by atoms with Gasteiger partial charge in [-0.25, -0.2) is 0 Å². The van der Waals surface area contributed by atoms with Crippen LogP contribution in [0.15, 0.2) is 72.8 Å². The minimum Gasteiger partial charge on any atom is -0.497 e. The van der Waals surface area contributed by atoms with Crippen LogP contribution in [-0.4, -0.2) is 59.2 Å². The van der Waals surface area contributed by atoms with Gasteiger partial charge < -0.3 is 29.7 Å². The van der Waals surface area contributed by atoms with Crippen molar-refractivity contribution >= 4 is 39.4 Å². The van der Waals surface area contributed by atoms with Gasteiger partial charge in [-0.15, -0.1) is 0 Å². The summed E-state index contributed by atoms with van der Waals surface area (Å²) >= 11 is 0. The van der Waals surface area contributed by atoms with Crippen molar-refractivity contribution in [2.24, 2.45) is 0 Å². The number of benzene rings is 3. The van der Waals surface area contributed by atoms with Crippen LogP contribution in [0.1, 0.15) is 55.8 Å². The Hall–Kier alpha value is -4.85. The largest absolute Gasteiger partial charge is 0.497 e. The third-order valence-electron chi connectivity index (χ3n) is 8.87. The zero-order valence-corrected chi connectivity index (χ0v) is 27.2. The van der Waals surface area contributed by atoms with E-state index in [1.807, 2.05) is 55.5 Å². The predicted octanol–water partition coefficient (Wildman–Crippen LogP) is 6.90. The lowest BCUT2D eigenvalue weighted by Crippen LogP contribution is -2.48. The third kappa shape index (κ3) is 7.50. The van der Waals surface area contributed by atoms with Crippen molar-refractivity contribution in [2.75, 3.05) is 20.7 Å². The molecule has 0 spiro atoms. The van der Waals surface area contributed by atoms with Gasteiger partial charge in [0.15, 0.2) is 0 Å². The number of H-pyrrole nitrogens is 2. The van der Waals surface area contributed by atoms with Crippen LogP contribution in [0.2, 0.25) is 0 Å². The van der Waals surface area contributed by atoms with E-state index in [-0.39, 0.29) is 24.0 Å². The number of ketones is 1. The first kappa shape index (κ1) is 32.5. The zero-order chi connectivity index (χ0) is 32.6. The molecule has 0 unspecified atom stereocenters. The number of ether oxygens (including phenoxy) is 1. The van der Waals surface area contributed by atoms with Crippen molar-refractivity contribution in [3.63, 3.8) is 0 Å². The maximum Gasteiger partial charge on any atom is 0.242 e. The van der Waals surface area contributed by atoms with E-state index >= 15 is 0 Å². The van der Waals surface area contributed by atoms with Crippen molar-refractivity contribution in [1.29, 1.82) is 0 Å². The number of aromatic nitrogens is 2. The van der Waals surface area contributed by atoms with Gasteiger partial charge in [0.25, 0.3) is 0 Å². The van der Waals surface area contributed by atoms with Crippen LogP contribution in [0.4, 0.5) is 0 Å². The Morgan fingerprint density at radius 2 is 1.61 bits per heavy atom. The number of rotatable bonds is 15. The average molecular weight is 621 g/mol. The Kier molecular flexibility index (Phi) is 10.6. The highest BCUT2D eigenvalue weighted by Gasteiger charge is 2.28. The van der Waals surface area contributed by atoms with E-state index in [2.05, 4.69) is 39.6 Å². The molecule has 5 aromatic rings. The number of hydrogen-bond donors (Lipinski definition) is 3. The second kappa shape index (κ2) is 15.0. The Morgan fingerprint density at radius 1 is 0.870 bits per heavy atom. The molecular formula is C38H44N4O4. The smallest absolute Gasteiger partial charge is 0.242 e. The summed E-state index contributed by atoms with van der Waals surface area (Å²) in [5, 5.41) is 5.23. The number of hydrogen-bond acceptors (Lipinski definition) is 4. The van der Waals surface area contributed by atoms with Crippen LogP contribution in [-0.2, 0) is 27.2 Å². The van der Waals surface area contributed by atoms with Crippen LogP contribution < -0.4 is 10.1 Å². The Bertz CT molecular complexity index is 1820. The van der Waals surface area contributed by atoms with Crippen molar-refractivity contribution in [3.8, 4) is 17.0 Å². The van der Waals surface area contributed by atoms with Crippen molar-refractivity contribution in [1.82, 2.24) is 20.2 Å². The van der Waals surface area contributed by atoms with E-state index in [0.717, 1.165) is 74.9 Å². The minimum absolute atomic E-state index is 0.126. The van der Waals surface area contributed by atoms with Gasteiger partial charge >= 0.3 is 0 Å². The lowest BCUT2D eigenvalue weighted by Gasteiger charge is -2.28. The summed E-state index contributed by atoms with van der Waals surface area (Å²) in [6.07, 6.45) is 4.20. The van der Waals surface area contributed by atoms with E-state index in [1.165, 1.54) is 0 Å². The number of carbonyl (C=O) groups excluding carboxylic acids is 3. The van der Waals surface area contributed by atoms with Gasteiger partial charge in [0, 0.05) is 53.2 Å². The topological polar surface area (TPSA) is 107 Å². The second-order valence-corrected chi connectivity index (χ2v) is 12.1. The highest BCUT2D eigenvalue weighted by Crippen LogP contribution is 2.31. The first-order chi connectivity index (χ1) is 22.3. The molecule has 2 aromatic heterocycles. The molecule has 0 aliphatic carbocycles. The molecule has 0 aliphatic heterocycles. The van der Waals surface area contributed by atoms with Gasteiger partial charge in [0.2, 0.25) is 11.8 Å². The molecule has 8 nitrogen and oxygen atoms in total. The number of methoxy groups -OCH3 is 1. The first-order valence-corrected chi connectivity index (χ1v) is 16.1. The number of likely N-dealkylation sites (N-methyl/N-ethyl adjacent to an activating group) is 1. The fourth-order valence-corrected chi connectivity index (χ4v) is 6.29. The monoisotopic (exact) mass is 620 g/mol. The number of aryl methyl sites for hydroxylation is 1. The Balaban J connectivity index is 1.31. The lowest BCUT2D eigenvalue weighted by molar-refractivity contribution is -0.138. The molecule has 240 valence electrons. The maximum absolute atomic E-state index is 13.8. The number of carbonyl (C=O) groups is 3. The van der Waals surface area contributed by atoms with E-state index in [1.54, 1.807) is 26.0 Å². The SMILES string of the molecule is COc1ccc2[nH]c(C)c(CC(=O)N(C)[C@@H](CCCCCC(C)=O)C(=O)NCCc3c(-c4ccccc4)[nH]c4ccccc34)c2c1. The molecule has 5 rings (SSSR count). The van der Waals surface area contributed by atoms with Crippen LogP contribution in [0.5, 0.6) is 5.75 Å². The van der Waals surface area contributed by atoms with E-state index in [4.69, 9.17) is 4.74 Å². The summed E-state index contributed by atoms with van der Waals surface area (Å²) in [6.45, 7) is 4.00. The molecule has 1 atom stereocenters. The van der Waals surface area contributed by atoms with Crippen molar-refractivity contribution < 1.29 is 19.1 Å². The normalized spacial score (nSPS) is 11.9. The number of Topliss-reactive ketones (excluding diaryl/α,β-unsaturated/α-hetero) is 1. The summed E-state index contributed by atoms with van der Waals surface area (Å²) in [7, 11) is 3.35. The minimum atomic E-state index is -0.624. The number of para-hydroxylation sites is 1. The summed E-state index contributed by atoms with van der Waals surface area (Å²) in [5.74, 6) is 0.598. The number of nitrogens with zero attached hydrogens (tertiary/aromatic N) is 1. The zero-order valence-electron chi connectivity index (χ0n) is 27.2. The molecule has 0 fully saturated rings. The maximum atomic E-state index is 13.8. The standard InChI is InChI=1S/C38H44N4O4/c1-25(43)13-7-5-10-18-35(42(3)36(44)24-31-26(2)40-34-20-19-28(46-4)23-32(31)34)38(45)39-22-21-30-29-16-11-12-17-33(29)41-37(30)27-14-8-6-9-15-27/h6,8-9,11-12,14-17,19-20,23,35,40-41H,5,7,10,13,18,21-22,24H2,1-4H3,(H,39,45)/t35-/m0/s1. The molecule has 0 saturated heterocycles. The number of aromatic amines is 2. The Labute approximate surface area is 270 Å². The summed E-state index contributed by atoms with van der Waals surface area (Å²) in [6, 6.07) is 23.6. The first-order valence-electron chi connectivity index (χ1n) is 16.1. The highest BCUT2D eigenvalue weighted by atomic mass is 16.5. The van der Waals surface area contributed by atoms with Gasteiger partial charge in [-0.3, -0.25) is 9.59 Å². The summed E-state index contributed by atoms with van der Waals surface area (Å²) in [4.78, 5) is 47.5. The summed E-state index contributed by atoms with van der Waals surface area (Å²) in [5.41, 5.74) is 7.12. The highest BCUT2D eigenvalue weighted by molar-refractivity contribution is 5.94. The van der Waals surface area contributed by atoms with Crippen LogP contribution in [0, 0.1) is 6.92 Å². The lowest BCUT2D eigenvalue weighted by atomic mass is 10.0. The molecule has 8 heteroatoms. The number of fused-ring (bicyclic) bond motifs is 2. The second-order valence-electron chi connectivity index (χ2n) is 12.1. The molecule has 0 aliphatic rings. The molecule has 0 radical (unpaired) electrons.